The van der Waals surface area contributed by atoms with Crippen molar-refractivity contribution in [1.82, 2.24) is 4.57 Å². The molecule has 8 heteroatoms. The number of aromatic nitrogens is 1. The molecular formula is C19H14Cl2N2O3S. The van der Waals surface area contributed by atoms with E-state index in [1.807, 2.05) is 6.07 Å². The maximum absolute atomic E-state index is 12.6. The zero-order valence-electron chi connectivity index (χ0n) is 14.5. The van der Waals surface area contributed by atoms with Crippen molar-refractivity contribution in [2.75, 3.05) is 14.2 Å². The molecule has 0 fully saturated rings. The Hall–Kier alpha value is -2.46. The number of fused-ring (bicyclic) bond motifs is 1. The molecule has 2 aromatic carbocycles. The zero-order chi connectivity index (χ0) is 19.6. The Morgan fingerprint density at radius 2 is 1.93 bits per heavy atom. The van der Waals surface area contributed by atoms with Crippen molar-refractivity contribution in [2.45, 2.75) is 6.54 Å². The molecule has 1 aromatic heterocycles. The van der Waals surface area contributed by atoms with E-state index in [0.717, 1.165) is 10.2 Å². The molecule has 138 valence electrons. The second-order valence-corrected chi connectivity index (χ2v) is 7.24. The van der Waals surface area contributed by atoms with E-state index in [-0.39, 0.29) is 17.1 Å². The van der Waals surface area contributed by atoms with Gasteiger partial charge in [-0.1, -0.05) is 40.5 Å². The summed E-state index contributed by atoms with van der Waals surface area (Å²) in [6, 6.07) is 8.27. The van der Waals surface area contributed by atoms with Gasteiger partial charge in [-0.05, 0) is 18.2 Å². The van der Waals surface area contributed by atoms with Gasteiger partial charge in [0.2, 0.25) is 0 Å². The second kappa shape index (κ2) is 8.05. The van der Waals surface area contributed by atoms with Gasteiger partial charge >= 0.3 is 0 Å². The van der Waals surface area contributed by atoms with Crippen molar-refractivity contribution >= 4 is 50.7 Å². The SMILES string of the molecule is C#CCn1c(=NC(=O)c2ccc(Cl)cc2Cl)sc2cc(OC)c(OC)cc21. The largest absolute Gasteiger partial charge is 0.493 e. The topological polar surface area (TPSA) is 52.8 Å². The molecule has 0 saturated carbocycles. The van der Waals surface area contributed by atoms with E-state index in [4.69, 9.17) is 39.1 Å². The summed E-state index contributed by atoms with van der Waals surface area (Å²) in [7, 11) is 3.11. The van der Waals surface area contributed by atoms with E-state index in [1.165, 1.54) is 17.4 Å². The van der Waals surface area contributed by atoms with Gasteiger partial charge in [-0.2, -0.15) is 4.99 Å². The van der Waals surface area contributed by atoms with Crippen molar-refractivity contribution in [3.63, 3.8) is 0 Å². The van der Waals surface area contributed by atoms with Crippen LogP contribution in [0.25, 0.3) is 10.2 Å². The molecule has 3 rings (SSSR count). The van der Waals surface area contributed by atoms with Crippen LogP contribution in [0, 0.1) is 12.3 Å². The fraction of sp³-hybridized carbons (Fsp3) is 0.158. The summed E-state index contributed by atoms with van der Waals surface area (Å²) < 4.78 is 13.3. The number of hydrogen-bond donors (Lipinski definition) is 0. The van der Waals surface area contributed by atoms with Crippen molar-refractivity contribution in [2.24, 2.45) is 4.99 Å². The number of nitrogens with zero attached hydrogens (tertiary/aromatic N) is 2. The maximum Gasteiger partial charge on any atom is 0.281 e. The molecule has 0 spiro atoms. The van der Waals surface area contributed by atoms with Gasteiger partial charge < -0.3 is 14.0 Å². The third-order valence-electron chi connectivity index (χ3n) is 3.80. The third kappa shape index (κ3) is 3.81. The highest BCUT2D eigenvalue weighted by molar-refractivity contribution is 7.16. The van der Waals surface area contributed by atoms with Gasteiger partial charge in [-0.25, -0.2) is 0 Å². The summed E-state index contributed by atoms with van der Waals surface area (Å²) in [5.74, 6) is 3.25. The van der Waals surface area contributed by atoms with Crippen LogP contribution in [0.1, 0.15) is 10.4 Å². The standard InChI is InChI=1S/C19H14Cl2N2O3S/c1-4-7-23-14-9-15(25-2)16(26-3)10-17(14)27-19(23)22-18(24)12-6-5-11(20)8-13(12)21/h1,5-6,8-10H,7H2,2-3H3. The van der Waals surface area contributed by atoms with Gasteiger partial charge in [0.05, 0.1) is 41.6 Å². The van der Waals surface area contributed by atoms with Crippen LogP contribution in [0.4, 0.5) is 0 Å². The molecule has 0 atom stereocenters. The number of thiazole rings is 1. The highest BCUT2D eigenvalue weighted by Crippen LogP contribution is 2.33. The van der Waals surface area contributed by atoms with Crippen LogP contribution in [0.5, 0.6) is 11.5 Å². The van der Waals surface area contributed by atoms with Crippen molar-refractivity contribution in [1.29, 1.82) is 0 Å². The Balaban J connectivity index is 2.20. The number of halogens is 2. The van der Waals surface area contributed by atoms with Gasteiger partial charge in [-0.3, -0.25) is 4.79 Å². The predicted molar refractivity (Wildman–Crippen MR) is 108 cm³/mol. The van der Waals surface area contributed by atoms with E-state index in [2.05, 4.69) is 10.9 Å². The normalized spacial score (nSPS) is 11.4. The van der Waals surface area contributed by atoms with Crippen molar-refractivity contribution in [3.05, 3.63) is 50.7 Å². The summed E-state index contributed by atoms with van der Waals surface area (Å²) >= 11 is 13.3. The first-order chi connectivity index (χ1) is 13.0. The number of carbonyl (C=O) groups excluding carboxylic acids is 1. The Morgan fingerprint density at radius 1 is 1.22 bits per heavy atom. The average molecular weight is 421 g/mol. The van der Waals surface area contributed by atoms with Gasteiger partial charge in [-0.15, -0.1) is 6.42 Å². The Labute approximate surface area is 169 Å². The fourth-order valence-electron chi connectivity index (χ4n) is 2.54. The average Bonchev–Trinajstić information content (AvgIpc) is 2.96. The summed E-state index contributed by atoms with van der Waals surface area (Å²) in [4.78, 5) is 17.3. The Kier molecular flexibility index (Phi) is 5.76. The summed E-state index contributed by atoms with van der Waals surface area (Å²) in [5.41, 5.74) is 1.06. The lowest BCUT2D eigenvalue weighted by Gasteiger charge is -2.08. The van der Waals surface area contributed by atoms with Crippen LogP contribution in [0.15, 0.2) is 35.3 Å². The van der Waals surface area contributed by atoms with Gasteiger partial charge in [0.15, 0.2) is 16.3 Å². The van der Waals surface area contributed by atoms with Crippen LogP contribution < -0.4 is 14.3 Å². The number of ether oxygens (including phenoxy) is 2. The van der Waals surface area contributed by atoms with Crippen molar-refractivity contribution in [3.8, 4) is 23.8 Å². The number of hydrogen-bond acceptors (Lipinski definition) is 4. The molecule has 0 radical (unpaired) electrons. The first-order valence-electron chi connectivity index (χ1n) is 7.71. The zero-order valence-corrected chi connectivity index (χ0v) is 16.8. The lowest BCUT2D eigenvalue weighted by molar-refractivity contribution is 0.0998. The molecule has 1 amide bonds. The van der Waals surface area contributed by atoms with Crippen LogP contribution in [0.3, 0.4) is 0 Å². The molecule has 0 saturated heterocycles. The molecule has 0 N–H and O–H groups in total. The van der Waals surface area contributed by atoms with E-state index >= 15 is 0 Å². The second-order valence-electron chi connectivity index (χ2n) is 5.39. The van der Waals surface area contributed by atoms with Crippen LogP contribution in [-0.2, 0) is 6.54 Å². The quantitative estimate of drug-likeness (QED) is 0.587. The molecular weight excluding hydrogens is 407 g/mol. The Morgan fingerprint density at radius 3 is 2.56 bits per heavy atom. The van der Waals surface area contributed by atoms with Crippen LogP contribution in [-0.4, -0.2) is 24.7 Å². The van der Waals surface area contributed by atoms with E-state index in [1.54, 1.807) is 37.0 Å². The minimum Gasteiger partial charge on any atom is -0.493 e. The number of methoxy groups -OCH3 is 2. The first kappa shape index (κ1) is 19.3. The van der Waals surface area contributed by atoms with Crippen LogP contribution >= 0.6 is 34.5 Å². The summed E-state index contributed by atoms with van der Waals surface area (Å²) in [6.07, 6.45) is 5.50. The van der Waals surface area contributed by atoms with Crippen molar-refractivity contribution < 1.29 is 14.3 Å². The summed E-state index contributed by atoms with van der Waals surface area (Å²) in [6.45, 7) is 0.246. The molecule has 0 aliphatic carbocycles. The first-order valence-corrected chi connectivity index (χ1v) is 9.28. The maximum atomic E-state index is 12.6. The molecule has 0 aliphatic rings. The highest BCUT2D eigenvalue weighted by Gasteiger charge is 2.14. The smallest absolute Gasteiger partial charge is 0.281 e. The monoisotopic (exact) mass is 420 g/mol. The van der Waals surface area contributed by atoms with Gasteiger partial charge in [0.25, 0.3) is 5.91 Å². The minimum absolute atomic E-state index is 0.240. The molecule has 5 nitrogen and oxygen atoms in total. The van der Waals surface area contributed by atoms with E-state index in [0.29, 0.717) is 21.3 Å². The number of rotatable bonds is 4. The number of benzene rings is 2. The molecule has 0 bridgehead atoms. The number of terminal acetylenes is 1. The number of amides is 1. The molecule has 0 aliphatic heterocycles. The summed E-state index contributed by atoms with van der Waals surface area (Å²) in [5, 5.41) is 0.684. The molecule has 0 unspecified atom stereocenters. The fourth-order valence-corrected chi connectivity index (χ4v) is 4.06. The minimum atomic E-state index is -0.479. The lowest BCUT2D eigenvalue weighted by Crippen LogP contribution is -2.16. The van der Waals surface area contributed by atoms with E-state index < -0.39 is 5.91 Å². The highest BCUT2D eigenvalue weighted by atomic mass is 35.5. The predicted octanol–water partition coefficient (Wildman–Crippen LogP) is 4.40. The number of carbonyl (C=O) groups is 1. The van der Waals surface area contributed by atoms with Crippen LogP contribution in [0.2, 0.25) is 10.0 Å². The third-order valence-corrected chi connectivity index (χ3v) is 5.39. The molecule has 3 aromatic rings. The van der Waals surface area contributed by atoms with Gasteiger partial charge in [0.1, 0.15) is 0 Å². The lowest BCUT2D eigenvalue weighted by atomic mass is 10.2. The molecule has 1 heterocycles. The van der Waals surface area contributed by atoms with Gasteiger partial charge in [0, 0.05) is 17.2 Å². The van der Waals surface area contributed by atoms with E-state index in [9.17, 15) is 4.79 Å². The Bertz CT molecular complexity index is 1140. The molecule has 27 heavy (non-hydrogen) atoms.